The van der Waals surface area contributed by atoms with E-state index < -0.39 is 0 Å². The minimum atomic E-state index is -0.119. The minimum absolute atomic E-state index is 0.119. The van der Waals surface area contributed by atoms with Gasteiger partial charge in [-0.15, -0.1) is 0 Å². The number of ether oxygens (including phenoxy) is 1. The summed E-state index contributed by atoms with van der Waals surface area (Å²) in [4.78, 5) is 17.0. The van der Waals surface area contributed by atoms with Crippen molar-refractivity contribution in [2.75, 3.05) is 13.2 Å². The molecule has 6 heteroatoms. The number of unbranched alkanes of at least 4 members (excludes halogenated alkanes) is 1. The number of benzene rings is 2. The second kappa shape index (κ2) is 7.99. The Labute approximate surface area is 169 Å². The molecule has 29 heavy (non-hydrogen) atoms. The number of amides is 1. The summed E-state index contributed by atoms with van der Waals surface area (Å²) in [5, 5.41) is 6.11. The summed E-state index contributed by atoms with van der Waals surface area (Å²) in [6.45, 7) is 7.42. The molecule has 0 unspecified atom stereocenters. The normalized spacial score (nSPS) is 11.3. The van der Waals surface area contributed by atoms with Crippen molar-refractivity contribution in [3.8, 4) is 5.75 Å². The van der Waals surface area contributed by atoms with Crippen LogP contribution < -0.4 is 10.1 Å². The molecule has 0 saturated heterocycles. The molecule has 0 spiro atoms. The first kappa shape index (κ1) is 19.1. The Bertz CT molecular complexity index is 1170. The number of aromatic nitrogens is 3. The fourth-order valence-corrected chi connectivity index (χ4v) is 3.48. The topological polar surface area (TPSA) is 71.4 Å². The van der Waals surface area contributed by atoms with E-state index in [0.29, 0.717) is 18.8 Å². The quantitative estimate of drug-likeness (QED) is 0.462. The minimum Gasteiger partial charge on any atom is -0.493 e. The zero-order valence-corrected chi connectivity index (χ0v) is 17.1. The molecule has 4 rings (SSSR count). The molecule has 4 aromatic rings. The number of aryl methyl sites for hydroxylation is 3. The van der Waals surface area contributed by atoms with Crippen LogP contribution >= 0.6 is 0 Å². The number of imidazole rings is 1. The number of hydrogen-bond donors (Lipinski definition) is 2. The molecule has 0 aliphatic heterocycles. The van der Waals surface area contributed by atoms with Crippen molar-refractivity contribution in [1.29, 1.82) is 0 Å². The number of carbonyl (C=O) groups is 1. The average Bonchev–Trinajstić information content (AvgIpc) is 3.24. The van der Waals surface area contributed by atoms with Gasteiger partial charge in [-0.25, -0.2) is 9.50 Å². The van der Waals surface area contributed by atoms with Crippen molar-refractivity contribution in [2.45, 2.75) is 33.6 Å². The van der Waals surface area contributed by atoms with Crippen LogP contribution in [-0.2, 0) is 0 Å². The second-order valence-electron chi connectivity index (χ2n) is 7.55. The third-order valence-electron chi connectivity index (χ3n) is 5.03. The Morgan fingerprint density at radius 2 is 1.86 bits per heavy atom. The third-order valence-corrected chi connectivity index (χ3v) is 5.03. The fraction of sp³-hybridized carbons (Fsp3) is 0.304. The van der Waals surface area contributed by atoms with Gasteiger partial charge in [0, 0.05) is 12.6 Å². The highest BCUT2D eigenvalue weighted by atomic mass is 16.5. The SMILES string of the molecule is Cc1ccc(OCCCCNC(=O)c2cc3nc4ccc(C)cc4n3[nH]2)c(C)c1. The van der Waals surface area contributed by atoms with Gasteiger partial charge in [0.1, 0.15) is 11.4 Å². The van der Waals surface area contributed by atoms with Gasteiger partial charge in [0.15, 0.2) is 5.65 Å². The van der Waals surface area contributed by atoms with Crippen LogP contribution in [0.15, 0.2) is 42.5 Å². The molecule has 2 aromatic carbocycles. The molecule has 2 aromatic heterocycles. The largest absolute Gasteiger partial charge is 0.493 e. The standard InChI is InChI=1S/C23H26N4O2/c1-15-7-9-21(17(3)12-15)29-11-5-4-10-24-23(28)19-14-22-25-18-8-6-16(2)13-20(18)27(22)26-19/h6-9,12-14,26H,4-5,10-11H2,1-3H3,(H,24,28). The van der Waals surface area contributed by atoms with E-state index in [9.17, 15) is 4.79 Å². The average molecular weight is 390 g/mol. The van der Waals surface area contributed by atoms with Gasteiger partial charge in [-0.3, -0.25) is 9.89 Å². The maximum absolute atomic E-state index is 12.4. The Hall–Kier alpha value is -3.28. The van der Waals surface area contributed by atoms with E-state index in [4.69, 9.17) is 4.74 Å². The Morgan fingerprint density at radius 1 is 1.07 bits per heavy atom. The van der Waals surface area contributed by atoms with Gasteiger partial charge in [-0.1, -0.05) is 23.8 Å². The molecule has 0 bridgehead atoms. The third kappa shape index (κ3) is 4.11. The molecular formula is C23H26N4O2. The first-order valence-corrected chi connectivity index (χ1v) is 9.97. The Balaban J connectivity index is 1.27. The summed E-state index contributed by atoms with van der Waals surface area (Å²) in [6, 6.07) is 14.1. The molecule has 1 amide bonds. The van der Waals surface area contributed by atoms with Crippen LogP contribution in [0.5, 0.6) is 5.75 Å². The van der Waals surface area contributed by atoms with Crippen LogP contribution in [0.2, 0.25) is 0 Å². The molecular weight excluding hydrogens is 364 g/mol. The van der Waals surface area contributed by atoms with E-state index in [1.807, 2.05) is 29.6 Å². The van der Waals surface area contributed by atoms with Crippen LogP contribution in [0.4, 0.5) is 0 Å². The van der Waals surface area contributed by atoms with Gasteiger partial charge in [-0.05, 0) is 62.9 Å². The summed E-state index contributed by atoms with van der Waals surface area (Å²) in [7, 11) is 0. The summed E-state index contributed by atoms with van der Waals surface area (Å²) in [5.41, 5.74) is 6.69. The Morgan fingerprint density at radius 3 is 2.69 bits per heavy atom. The van der Waals surface area contributed by atoms with Gasteiger partial charge in [0.25, 0.3) is 5.91 Å². The lowest BCUT2D eigenvalue weighted by molar-refractivity contribution is 0.0947. The van der Waals surface area contributed by atoms with E-state index in [2.05, 4.69) is 47.4 Å². The van der Waals surface area contributed by atoms with Crippen molar-refractivity contribution in [1.82, 2.24) is 19.9 Å². The second-order valence-corrected chi connectivity index (χ2v) is 7.55. The van der Waals surface area contributed by atoms with E-state index in [0.717, 1.165) is 46.4 Å². The number of nitrogens with one attached hydrogen (secondary N) is 2. The van der Waals surface area contributed by atoms with Gasteiger partial charge in [0.05, 0.1) is 17.6 Å². The lowest BCUT2D eigenvalue weighted by Gasteiger charge is -2.10. The van der Waals surface area contributed by atoms with Crippen molar-refractivity contribution in [3.63, 3.8) is 0 Å². The molecule has 2 N–H and O–H groups in total. The van der Waals surface area contributed by atoms with Crippen molar-refractivity contribution >= 4 is 22.6 Å². The van der Waals surface area contributed by atoms with E-state index in [1.54, 1.807) is 6.07 Å². The maximum Gasteiger partial charge on any atom is 0.269 e. The smallest absolute Gasteiger partial charge is 0.269 e. The summed E-state index contributed by atoms with van der Waals surface area (Å²) in [5.74, 6) is 0.809. The number of fused-ring (bicyclic) bond motifs is 3. The predicted molar refractivity (Wildman–Crippen MR) is 115 cm³/mol. The number of hydrogen-bond acceptors (Lipinski definition) is 3. The number of carbonyl (C=O) groups excluding carboxylic acids is 1. The highest BCUT2D eigenvalue weighted by molar-refractivity contribution is 5.94. The van der Waals surface area contributed by atoms with Gasteiger partial charge in [-0.2, -0.15) is 0 Å². The van der Waals surface area contributed by atoms with Gasteiger partial charge < -0.3 is 10.1 Å². The van der Waals surface area contributed by atoms with E-state index in [1.165, 1.54) is 5.56 Å². The first-order valence-electron chi connectivity index (χ1n) is 9.97. The van der Waals surface area contributed by atoms with Crippen molar-refractivity contribution < 1.29 is 9.53 Å². The van der Waals surface area contributed by atoms with Gasteiger partial charge in [0.2, 0.25) is 0 Å². The Kier molecular flexibility index (Phi) is 5.25. The summed E-state index contributed by atoms with van der Waals surface area (Å²) < 4.78 is 7.69. The lowest BCUT2D eigenvalue weighted by Crippen LogP contribution is -2.25. The lowest BCUT2D eigenvalue weighted by atomic mass is 10.1. The molecule has 150 valence electrons. The van der Waals surface area contributed by atoms with Crippen molar-refractivity contribution in [3.05, 3.63) is 64.8 Å². The number of nitrogens with zero attached hydrogens (tertiary/aromatic N) is 2. The van der Waals surface area contributed by atoms with Crippen LogP contribution in [0.25, 0.3) is 16.7 Å². The molecule has 6 nitrogen and oxygen atoms in total. The molecule has 0 aliphatic carbocycles. The molecule has 0 fully saturated rings. The molecule has 0 atom stereocenters. The zero-order valence-electron chi connectivity index (χ0n) is 17.1. The van der Waals surface area contributed by atoms with Gasteiger partial charge >= 0.3 is 0 Å². The number of H-pyrrole nitrogens is 1. The highest BCUT2D eigenvalue weighted by Gasteiger charge is 2.13. The van der Waals surface area contributed by atoms with Crippen LogP contribution in [0.1, 0.15) is 40.0 Å². The predicted octanol–water partition coefficient (Wildman–Crippen LogP) is 4.33. The maximum atomic E-state index is 12.4. The van der Waals surface area contributed by atoms with E-state index in [-0.39, 0.29) is 5.91 Å². The first-order chi connectivity index (χ1) is 14.0. The number of rotatable bonds is 7. The van der Waals surface area contributed by atoms with Crippen molar-refractivity contribution in [2.24, 2.45) is 0 Å². The van der Waals surface area contributed by atoms with Crippen LogP contribution in [0, 0.1) is 20.8 Å². The summed E-state index contributed by atoms with van der Waals surface area (Å²) in [6.07, 6.45) is 1.74. The zero-order chi connectivity index (χ0) is 20.4. The fourth-order valence-electron chi connectivity index (χ4n) is 3.48. The van der Waals surface area contributed by atoms with Crippen LogP contribution in [-0.4, -0.2) is 33.7 Å². The molecule has 0 radical (unpaired) electrons. The highest BCUT2D eigenvalue weighted by Crippen LogP contribution is 2.19. The molecule has 0 aliphatic rings. The molecule has 2 heterocycles. The van der Waals surface area contributed by atoms with Crippen LogP contribution in [0.3, 0.4) is 0 Å². The summed E-state index contributed by atoms with van der Waals surface area (Å²) >= 11 is 0. The monoisotopic (exact) mass is 390 g/mol. The van der Waals surface area contributed by atoms with E-state index >= 15 is 0 Å². The molecule has 0 saturated carbocycles. The number of aromatic amines is 1.